The molecule has 0 aliphatic rings. The largest absolute Gasteiger partial charge is 0.508 e. The van der Waals surface area contributed by atoms with Gasteiger partial charge >= 0.3 is 0 Å². The van der Waals surface area contributed by atoms with E-state index in [1.165, 1.54) is 32.4 Å². The van der Waals surface area contributed by atoms with Crippen LogP contribution >= 0.6 is 0 Å². The summed E-state index contributed by atoms with van der Waals surface area (Å²) in [6.07, 6.45) is 0. The van der Waals surface area contributed by atoms with E-state index < -0.39 is 11.2 Å². The summed E-state index contributed by atoms with van der Waals surface area (Å²) in [5.74, 6) is -1.15. The fourth-order valence-electron chi connectivity index (χ4n) is 2.37. The van der Waals surface area contributed by atoms with Gasteiger partial charge in [-0.3, -0.25) is 4.79 Å². The summed E-state index contributed by atoms with van der Waals surface area (Å²) < 4.78 is 15.5. The van der Waals surface area contributed by atoms with Crippen LogP contribution in [0.25, 0.3) is 21.9 Å². The van der Waals surface area contributed by atoms with E-state index in [9.17, 15) is 20.1 Å². The van der Waals surface area contributed by atoms with Crippen molar-refractivity contribution in [3.8, 4) is 28.7 Å². The second-order valence-electron chi connectivity index (χ2n) is 4.61. The summed E-state index contributed by atoms with van der Waals surface area (Å²) in [7, 11) is 2.61. The van der Waals surface area contributed by atoms with Gasteiger partial charge in [0.25, 0.3) is 0 Å². The van der Waals surface area contributed by atoms with E-state index in [4.69, 9.17) is 13.9 Å². The highest BCUT2D eigenvalue weighted by atomic mass is 16.5. The SMILES string of the molecule is COc1c(O)cc2oc3c(OC)cc(O)cc3c(=O)c2c1O. The monoisotopic (exact) mass is 304 g/mol. The summed E-state index contributed by atoms with van der Waals surface area (Å²) in [6.45, 7) is 0. The van der Waals surface area contributed by atoms with E-state index in [2.05, 4.69) is 0 Å². The Kier molecular flexibility index (Phi) is 2.98. The zero-order valence-corrected chi connectivity index (χ0v) is 11.7. The van der Waals surface area contributed by atoms with Crippen LogP contribution in [0.2, 0.25) is 0 Å². The third kappa shape index (κ3) is 1.79. The highest BCUT2D eigenvalue weighted by Gasteiger charge is 2.21. The number of phenols is 3. The fourth-order valence-corrected chi connectivity index (χ4v) is 2.37. The molecule has 3 N–H and O–H groups in total. The maximum atomic E-state index is 12.6. The average Bonchev–Trinajstić information content (AvgIpc) is 2.47. The summed E-state index contributed by atoms with van der Waals surface area (Å²) in [6, 6.07) is 3.67. The van der Waals surface area contributed by atoms with E-state index in [-0.39, 0.29) is 44.9 Å². The summed E-state index contributed by atoms with van der Waals surface area (Å²) >= 11 is 0. The van der Waals surface area contributed by atoms with Crippen molar-refractivity contribution in [3.63, 3.8) is 0 Å². The standard InChI is InChI=1S/C15H12O7/c1-20-10-4-6(16)3-7-12(18)11-9(22-14(7)10)5-8(17)15(21-2)13(11)19/h3-5,16-17,19H,1-2H3. The van der Waals surface area contributed by atoms with Gasteiger partial charge < -0.3 is 29.2 Å². The minimum Gasteiger partial charge on any atom is -0.508 e. The van der Waals surface area contributed by atoms with Crippen LogP contribution in [0.15, 0.2) is 27.4 Å². The van der Waals surface area contributed by atoms with Crippen molar-refractivity contribution in [1.29, 1.82) is 0 Å². The van der Waals surface area contributed by atoms with Gasteiger partial charge in [0.05, 0.1) is 19.6 Å². The Morgan fingerprint density at radius 3 is 2.41 bits per heavy atom. The third-order valence-corrected chi connectivity index (χ3v) is 3.35. The summed E-state index contributed by atoms with van der Waals surface area (Å²) in [4.78, 5) is 12.6. The van der Waals surface area contributed by atoms with Crippen molar-refractivity contribution in [2.75, 3.05) is 14.2 Å². The first-order chi connectivity index (χ1) is 10.5. The molecule has 0 saturated heterocycles. The first kappa shape index (κ1) is 13.9. The molecule has 114 valence electrons. The second kappa shape index (κ2) is 4.73. The molecule has 0 fully saturated rings. The van der Waals surface area contributed by atoms with E-state index >= 15 is 0 Å². The van der Waals surface area contributed by atoms with Gasteiger partial charge in [-0.25, -0.2) is 0 Å². The molecule has 2 aromatic carbocycles. The Hall–Kier alpha value is -3.09. The molecule has 0 spiro atoms. The van der Waals surface area contributed by atoms with Crippen molar-refractivity contribution < 1.29 is 29.2 Å². The zero-order valence-electron chi connectivity index (χ0n) is 11.7. The molecule has 1 heterocycles. The predicted octanol–water partition coefficient (Wildman–Crippen LogP) is 2.08. The topological polar surface area (TPSA) is 109 Å². The van der Waals surface area contributed by atoms with Gasteiger partial charge in [-0.05, 0) is 6.07 Å². The van der Waals surface area contributed by atoms with E-state index in [0.717, 1.165) is 0 Å². The number of hydrogen-bond acceptors (Lipinski definition) is 7. The molecule has 0 unspecified atom stereocenters. The highest BCUT2D eigenvalue weighted by Crippen LogP contribution is 2.42. The van der Waals surface area contributed by atoms with Crippen LogP contribution < -0.4 is 14.9 Å². The van der Waals surface area contributed by atoms with Crippen molar-refractivity contribution in [3.05, 3.63) is 28.4 Å². The maximum Gasteiger partial charge on any atom is 0.204 e. The van der Waals surface area contributed by atoms with Crippen molar-refractivity contribution in [1.82, 2.24) is 0 Å². The van der Waals surface area contributed by atoms with Gasteiger partial charge in [0.1, 0.15) is 16.7 Å². The first-order valence-electron chi connectivity index (χ1n) is 6.24. The van der Waals surface area contributed by atoms with Gasteiger partial charge in [0.2, 0.25) is 11.2 Å². The van der Waals surface area contributed by atoms with Crippen LogP contribution in [-0.2, 0) is 0 Å². The van der Waals surface area contributed by atoms with E-state index in [1.807, 2.05) is 0 Å². The lowest BCUT2D eigenvalue weighted by molar-refractivity contribution is 0.346. The van der Waals surface area contributed by atoms with Crippen LogP contribution in [0.4, 0.5) is 0 Å². The Morgan fingerprint density at radius 1 is 1.05 bits per heavy atom. The van der Waals surface area contributed by atoms with E-state index in [1.54, 1.807) is 0 Å². The van der Waals surface area contributed by atoms with Gasteiger partial charge in [-0.1, -0.05) is 0 Å². The van der Waals surface area contributed by atoms with Crippen LogP contribution in [0, 0.1) is 0 Å². The zero-order chi connectivity index (χ0) is 16.0. The van der Waals surface area contributed by atoms with Crippen molar-refractivity contribution >= 4 is 21.9 Å². The average molecular weight is 304 g/mol. The molecule has 0 aliphatic heterocycles. The Labute approximate surface area is 123 Å². The van der Waals surface area contributed by atoms with Gasteiger partial charge in [-0.15, -0.1) is 0 Å². The molecular formula is C15H12O7. The van der Waals surface area contributed by atoms with E-state index in [0.29, 0.717) is 0 Å². The lowest BCUT2D eigenvalue weighted by Gasteiger charge is -2.10. The number of phenolic OH excluding ortho intramolecular Hbond substituents is 3. The number of methoxy groups -OCH3 is 2. The maximum absolute atomic E-state index is 12.6. The number of hydrogen-bond donors (Lipinski definition) is 3. The molecule has 1 aromatic heterocycles. The Morgan fingerprint density at radius 2 is 1.77 bits per heavy atom. The van der Waals surface area contributed by atoms with Gasteiger partial charge in [0.15, 0.2) is 22.8 Å². The van der Waals surface area contributed by atoms with Gasteiger partial charge in [-0.2, -0.15) is 0 Å². The number of ether oxygens (including phenoxy) is 2. The molecule has 0 saturated carbocycles. The number of rotatable bonds is 2. The molecule has 7 heteroatoms. The summed E-state index contributed by atoms with van der Waals surface area (Å²) in [5.41, 5.74) is -0.514. The van der Waals surface area contributed by atoms with Gasteiger partial charge in [0, 0.05) is 12.1 Å². The lowest BCUT2D eigenvalue weighted by atomic mass is 10.1. The first-order valence-corrected chi connectivity index (χ1v) is 6.24. The smallest absolute Gasteiger partial charge is 0.204 e. The minimum atomic E-state index is -0.582. The van der Waals surface area contributed by atoms with Crippen LogP contribution in [-0.4, -0.2) is 29.5 Å². The van der Waals surface area contributed by atoms with Crippen molar-refractivity contribution in [2.24, 2.45) is 0 Å². The molecule has 0 amide bonds. The molecule has 0 aliphatic carbocycles. The molecule has 22 heavy (non-hydrogen) atoms. The quantitative estimate of drug-likeness (QED) is 0.622. The number of fused-ring (bicyclic) bond motifs is 2. The normalized spacial score (nSPS) is 11.0. The Balaban J connectivity index is 2.59. The van der Waals surface area contributed by atoms with Crippen molar-refractivity contribution in [2.45, 2.75) is 0 Å². The molecule has 7 nitrogen and oxygen atoms in total. The predicted molar refractivity (Wildman–Crippen MR) is 78.1 cm³/mol. The molecule has 3 rings (SSSR count). The van der Waals surface area contributed by atoms with Crippen LogP contribution in [0.5, 0.6) is 28.7 Å². The Bertz CT molecular complexity index is 956. The molecule has 0 bridgehead atoms. The lowest BCUT2D eigenvalue weighted by Crippen LogP contribution is -2.04. The summed E-state index contributed by atoms with van der Waals surface area (Å²) in [5, 5.41) is 29.5. The molecule has 0 atom stereocenters. The molecule has 3 aromatic rings. The highest BCUT2D eigenvalue weighted by molar-refractivity contribution is 5.97. The number of aromatic hydroxyl groups is 3. The minimum absolute atomic E-state index is 0.0303. The fraction of sp³-hybridized carbons (Fsp3) is 0.133. The second-order valence-corrected chi connectivity index (χ2v) is 4.61. The van der Waals surface area contributed by atoms with Crippen LogP contribution in [0.1, 0.15) is 0 Å². The molecular weight excluding hydrogens is 292 g/mol. The van der Waals surface area contributed by atoms with Crippen LogP contribution in [0.3, 0.4) is 0 Å². The third-order valence-electron chi connectivity index (χ3n) is 3.35. The number of benzene rings is 2. The molecule has 0 radical (unpaired) electrons.